The second-order valence-corrected chi connectivity index (χ2v) is 5.24. The molecule has 0 bridgehead atoms. The van der Waals surface area contributed by atoms with Gasteiger partial charge in [0.1, 0.15) is 0 Å². The van der Waals surface area contributed by atoms with Crippen molar-refractivity contribution in [3.8, 4) is 0 Å². The number of ether oxygens (including phenoxy) is 2. The highest BCUT2D eigenvalue weighted by molar-refractivity contribution is 7.99. The largest absolute Gasteiger partial charge is 0.453 e. The average Bonchev–Trinajstić information content (AvgIpc) is 2.42. The van der Waals surface area contributed by atoms with Gasteiger partial charge in [0.25, 0.3) is 0 Å². The highest BCUT2D eigenvalue weighted by atomic mass is 32.2. The van der Waals surface area contributed by atoms with E-state index in [1.165, 1.54) is 7.11 Å². The Kier molecular flexibility index (Phi) is 7.13. The third-order valence-electron chi connectivity index (χ3n) is 2.23. The van der Waals surface area contributed by atoms with Crippen LogP contribution in [0.25, 0.3) is 0 Å². The van der Waals surface area contributed by atoms with Crippen molar-refractivity contribution < 1.29 is 14.3 Å². The molecule has 0 aliphatic rings. The summed E-state index contributed by atoms with van der Waals surface area (Å²) in [5.41, 5.74) is 7.03. The first kappa shape index (κ1) is 16.5. The lowest BCUT2D eigenvalue weighted by Gasteiger charge is -2.12. The standard InChI is InChI=1S/C12H17N3O3S2/c1-17-5-6-20-8-3-4-9(13)10(7-8)14-11(19)15-12(16)18-2/h3-4,7H,5-6,13H2,1-2H3,(H2,14,15,16,19). The van der Waals surface area contributed by atoms with E-state index in [1.807, 2.05) is 12.1 Å². The predicted molar refractivity (Wildman–Crippen MR) is 85.2 cm³/mol. The van der Waals surface area contributed by atoms with Crippen LogP contribution in [0.4, 0.5) is 16.2 Å². The normalized spacial score (nSPS) is 9.90. The first-order chi connectivity index (χ1) is 9.56. The van der Waals surface area contributed by atoms with Gasteiger partial charge in [-0.2, -0.15) is 0 Å². The molecule has 1 rings (SSSR count). The Hall–Kier alpha value is -1.51. The molecule has 110 valence electrons. The van der Waals surface area contributed by atoms with E-state index < -0.39 is 6.09 Å². The zero-order valence-electron chi connectivity index (χ0n) is 11.3. The first-order valence-corrected chi connectivity index (χ1v) is 7.13. The lowest BCUT2D eigenvalue weighted by Crippen LogP contribution is -2.34. The van der Waals surface area contributed by atoms with E-state index in [-0.39, 0.29) is 5.11 Å². The highest BCUT2D eigenvalue weighted by Gasteiger charge is 2.07. The SMILES string of the molecule is COCCSc1ccc(N)c(NC(=S)NC(=O)OC)c1. The van der Waals surface area contributed by atoms with E-state index in [4.69, 9.17) is 22.7 Å². The number of carbonyl (C=O) groups is 1. The zero-order chi connectivity index (χ0) is 15.0. The fourth-order valence-corrected chi connectivity index (χ4v) is 2.32. The van der Waals surface area contributed by atoms with Gasteiger partial charge in [0.05, 0.1) is 25.1 Å². The Morgan fingerprint density at radius 2 is 2.20 bits per heavy atom. The molecule has 0 aliphatic carbocycles. The van der Waals surface area contributed by atoms with Gasteiger partial charge >= 0.3 is 6.09 Å². The fraction of sp³-hybridized carbons (Fsp3) is 0.333. The van der Waals surface area contributed by atoms with Crippen molar-refractivity contribution >= 4 is 46.6 Å². The van der Waals surface area contributed by atoms with Crippen LogP contribution in [0.15, 0.2) is 23.1 Å². The molecule has 1 amide bonds. The smallest absolute Gasteiger partial charge is 0.413 e. The van der Waals surface area contributed by atoms with Crippen LogP contribution in [0.3, 0.4) is 0 Å². The molecule has 8 heteroatoms. The summed E-state index contributed by atoms with van der Waals surface area (Å²) in [5.74, 6) is 0.838. The van der Waals surface area contributed by atoms with Gasteiger partial charge in [-0.3, -0.25) is 5.32 Å². The van der Waals surface area contributed by atoms with Gasteiger partial charge in [-0.25, -0.2) is 4.79 Å². The van der Waals surface area contributed by atoms with Crippen LogP contribution in [0, 0.1) is 0 Å². The molecule has 1 aromatic carbocycles. The predicted octanol–water partition coefficient (Wildman–Crippen LogP) is 2.06. The molecule has 20 heavy (non-hydrogen) atoms. The minimum atomic E-state index is -0.633. The van der Waals surface area contributed by atoms with Crippen molar-refractivity contribution in [1.29, 1.82) is 0 Å². The van der Waals surface area contributed by atoms with E-state index in [0.29, 0.717) is 18.0 Å². The Bertz CT molecular complexity index is 483. The molecule has 1 aromatic rings. The van der Waals surface area contributed by atoms with Gasteiger partial charge in [0.2, 0.25) is 0 Å². The van der Waals surface area contributed by atoms with Crippen LogP contribution in [-0.4, -0.2) is 37.8 Å². The van der Waals surface area contributed by atoms with Crippen molar-refractivity contribution in [2.45, 2.75) is 4.90 Å². The van der Waals surface area contributed by atoms with Crippen LogP contribution in [-0.2, 0) is 9.47 Å². The van der Waals surface area contributed by atoms with Crippen LogP contribution in [0.2, 0.25) is 0 Å². The maximum Gasteiger partial charge on any atom is 0.413 e. The number of thioether (sulfide) groups is 1. The van der Waals surface area contributed by atoms with Crippen LogP contribution in [0.1, 0.15) is 0 Å². The minimum Gasteiger partial charge on any atom is -0.453 e. The molecule has 0 unspecified atom stereocenters. The summed E-state index contributed by atoms with van der Waals surface area (Å²) in [7, 11) is 2.92. The molecule has 0 saturated heterocycles. The molecule has 0 aromatic heterocycles. The molecular formula is C12H17N3O3S2. The lowest BCUT2D eigenvalue weighted by molar-refractivity contribution is 0.177. The van der Waals surface area contributed by atoms with E-state index >= 15 is 0 Å². The summed E-state index contributed by atoms with van der Waals surface area (Å²) in [5, 5.41) is 5.34. The number of hydrogen-bond acceptors (Lipinski definition) is 6. The minimum absolute atomic E-state index is 0.127. The molecule has 0 fully saturated rings. The van der Waals surface area contributed by atoms with Gasteiger partial charge in [-0.1, -0.05) is 0 Å². The van der Waals surface area contributed by atoms with Gasteiger partial charge in [-0.15, -0.1) is 11.8 Å². The number of carbonyl (C=O) groups excluding carboxylic acids is 1. The molecule has 0 aliphatic heterocycles. The van der Waals surface area contributed by atoms with Gasteiger partial charge < -0.3 is 20.5 Å². The number of nitrogens with one attached hydrogen (secondary N) is 2. The van der Waals surface area contributed by atoms with E-state index in [1.54, 1.807) is 24.9 Å². The number of methoxy groups -OCH3 is 2. The van der Waals surface area contributed by atoms with Gasteiger partial charge in [0.15, 0.2) is 5.11 Å². The van der Waals surface area contributed by atoms with E-state index in [0.717, 1.165) is 10.6 Å². The number of anilines is 2. The number of alkyl carbamates (subject to hydrolysis) is 1. The number of rotatable bonds is 5. The summed E-state index contributed by atoms with van der Waals surface area (Å²) < 4.78 is 9.45. The van der Waals surface area contributed by atoms with Crippen molar-refractivity contribution in [3.63, 3.8) is 0 Å². The third-order valence-corrected chi connectivity index (χ3v) is 3.39. The number of thiocarbonyl (C=S) groups is 1. The van der Waals surface area contributed by atoms with Gasteiger partial charge in [0, 0.05) is 17.8 Å². The first-order valence-electron chi connectivity index (χ1n) is 5.74. The Balaban J connectivity index is 2.66. The molecule has 0 radical (unpaired) electrons. The maximum atomic E-state index is 11.0. The molecular weight excluding hydrogens is 298 g/mol. The summed E-state index contributed by atoms with van der Waals surface area (Å²) in [6, 6.07) is 5.55. The second-order valence-electron chi connectivity index (χ2n) is 3.66. The topological polar surface area (TPSA) is 85.6 Å². The summed E-state index contributed by atoms with van der Waals surface area (Å²) in [6.45, 7) is 0.667. The molecule has 0 atom stereocenters. The Morgan fingerprint density at radius 3 is 2.85 bits per heavy atom. The van der Waals surface area contributed by atoms with Crippen LogP contribution in [0.5, 0.6) is 0 Å². The van der Waals surface area contributed by atoms with Crippen LogP contribution >= 0.6 is 24.0 Å². The highest BCUT2D eigenvalue weighted by Crippen LogP contribution is 2.26. The van der Waals surface area contributed by atoms with Gasteiger partial charge in [-0.05, 0) is 30.4 Å². The number of hydrogen-bond donors (Lipinski definition) is 3. The Labute approximate surface area is 127 Å². The summed E-state index contributed by atoms with van der Waals surface area (Å²) in [6.07, 6.45) is -0.633. The van der Waals surface area contributed by atoms with Crippen LogP contribution < -0.4 is 16.4 Å². The van der Waals surface area contributed by atoms with Crippen molar-refractivity contribution in [3.05, 3.63) is 18.2 Å². The molecule has 6 nitrogen and oxygen atoms in total. The third kappa shape index (κ3) is 5.64. The second kappa shape index (κ2) is 8.62. The number of nitrogens with two attached hydrogens (primary N) is 1. The fourth-order valence-electron chi connectivity index (χ4n) is 1.27. The maximum absolute atomic E-state index is 11.0. The molecule has 0 heterocycles. The van der Waals surface area contributed by atoms with Crippen molar-refractivity contribution in [2.24, 2.45) is 0 Å². The number of benzene rings is 1. The summed E-state index contributed by atoms with van der Waals surface area (Å²) >= 11 is 6.62. The van der Waals surface area contributed by atoms with E-state index in [9.17, 15) is 4.79 Å². The zero-order valence-corrected chi connectivity index (χ0v) is 12.9. The quantitative estimate of drug-likeness (QED) is 0.332. The van der Waals surface area contributed by atoms with E-state index in [2.05, 4.69) is 15.4 Å². The van der Waals surface area contributed by atoms with Crippen molar-refractivity contribution in [1.82, 2.24) is 5.32 Å². The molecule has 0 saturated carbocycles. The lowest BCUT2D eigenvalue weighted by atomic mass is 10.3. The molecule has 0 spiro atoms. The number of amides is 1. The average molecular weight is 315 g/mol. The number of nitrogen functional groups attached to an aromatic ring is 1. The monoisotopic (exact) mass is 315 g/mol. The molecule has 4 N–H and O–H groups in total. The summed E-state index contributed by atoms with van der Waals surface area (Å²) in [4.78, 5) is 12.1. The Morgan fingerprint density at radius 1 is 1.45 bits per heavy atom. The van der Waals surface area contributed by atoms with Crippen molar-refractivity contribution in [2.75, 3.05) is 37.6 Å².